The lowest BCUT2D eigenvalue weighted by Gasteiger charge is -2.27. The molecule has 0 unspecified atom stereocenters. The standard InChI is InChI=1S/C25H24ClN5O3/c26-18-6-8-20(9-7-18)29-25(34)30-23(17-4-2-1-3-5-17)24(33)28-19-10-12-21(13-11-19)31-15-14-27-16-22(31)32/h1-13,23,27H,14-16H2,(H,28,33)(H2,29,30,34)/t23-/m1/s1. The van der Waals surface area contributed by atoms with Gasteiger partial charge >= 0.3 is 6.03 Å². The molecule has 0 spiro atoms. The number of benzene rings is 3. The van der Waals surface area contributed by atoms with Crippen LogP contribution in [-0.2, 0) is 9.59 Å². The Bertz CT molecular complexity index is 1150. The summed E-state index contributed by atoms with van der Waals surface area (Å²) in [6, 6.07) is 21.2. The van der Waals surface area contributed by atoms with Crippen LogP contribution in [0, 0.1) is 0 Å². The van der Waals surface area contributed by atoms with Crippen LogP contribution < -0.4 is 26.2 Å². The van der Waals surface area contributed by atoms with Gasteiger partial charge in [0.2, 0.25) is 5.91 Å². The van der Waals surface area contributed by atoms with Crippen LogP contribution in [0.25, 0.3) is 0 Å². The Morgan fingerprint density at radius 3 is 2.21 bits per heavy atom. The second kappa shape index (κ2) is 10.8. The zero-order chi connectivity index (χ0) is 23.9. The Balaban J connectivity index is 1.45. The zero-order valence-corrected chi connectivity index (χ0v) is 19.0. The fraction of sp³-hybridized carbons (Fsp3) is 0.160. The van der Waals surface area contributed by atoms with Crippen LogP contribution in [0.5, 0.6) is 0 Å². The normalized spacial score (nSPS) is 14.3. The number of nitrogens with zero attached hydrogens (tertiary/aromatic N) is 1. The second-order valence-corrected chi connectivity index (χ2v) is 8.14. The molecule has 0 aromatic heterocycles. The van der Waals surface area contributed by atoms with Gasteiger partial charge in [0.05, 0.1) is 6.54 Å². The molecule has 0 bridgehead atoms. The van der Waals surface area contributed by atoms with Crippen LogP contribution in [-0.4, -0.2) is 37.5 Å². The number of carbonyl (C=O) groups is 3. The summed E-state index contributed by atoms with van der Waals surface area (Å²) in [6.07, 6.45) is 0. The number of urea groups is 1. The van der Waals surface area contributed by atoms with Crippen molar-refractivity contribution in [1.82, 2.24) is 10.6 Å². The van der Waals surface area contributed by atoms with Crippen LogP contribution in [0.3, 0.4) is 0 Å². The van der Waals surface area contributed by atoms with Crippen molar-refractivity contribution in [3.63, 3.8) is 0 Å². The molecule has 1 saturated heterocycles. The molecule has 4 rings (SSSR count). The molecule has 3 aromatic rings. The Morgan fingerprint density at radius 1 is 0.882 bits per heavy atom. The first-order valence-corrected chi connectivity index (χ1v) is 11.2. The number of anilines is 3. The van der Waals surface area contributed by atoms with E-state index in [0.29, 0.717) is 35.1 Å². The van der Waals surface area contributed by atoms with Crippen molar-refractivity contribution in [2.45, 2.75) is 6.04 Å². The van der Waals surface area contributed by atoms with Crippen molar-refractivity contribution in [1.29, 1.82) is 0 Å². The Labute approximate surface area is 202 Å². The maximum Gasteiger partial charge on any atom is 0.320 e. The molecule has 174 valence electrons. The Hall–Kier alpha value is -3.88. The van der Waals surface area contributed by atoms with Gasteiger partial charge in [-0.2, -0.15) is 0 Å². The molecule has 8 nitrogen and oxygen atoms in total. The van der Waals surface area contributed by atoms with E-state index in [-0.39, 0.29) is 5.91 Å². The summed E-state index contributed by atoms with van der Waals surface area (Å²) in [6.45, 7) is 1.63. The highest BCUT2D eigenvalue weighted by molar-refractivity contribution is 6.30. The first-order valence-electron chi connectivity index (χ1n) is 10.8. The van der Waals surface area contributed by atoms with Crippen molar-refractivity contribution < 1.29 is 14.4 Å². The van der Waals surface area contributed by atoms with Gasteiger partial charge in [0.25, 0.3) is 5.91 Å². The smallest absolute Gasteiger partial charge is 0.320 e. The van der Waals surface area contributed by atoms with Gasteiger partial charge in [-0.15, -0.1) is 0 Å². The molecular formula is C25H24ClN5O3. The fourth-order valence-electron chi connectivity index (χ4n) is 3.60. The van der Waals surface area contributed by atoms with Crippen LogP contribution in [0.4, 0.5) is 21.9 Å². The number of carbonyl (C=O) groups excluding carboxylic acids is 3. The summed E-state index contributed by atoms with van der Waals surface area (Å²) in [5, 5.41) is 11.9. The third-order valence-corrected chi connectivity index (χ3v) is 5.56. The summed E-state index contributed by atoms with van der Waals surface area (Å²) >= 11 is 5.89. The predicted molar refractivity (Wildman–Crippen MR) is 133 cm³/mol. The molecule has 1 heterocycles. The van der Waals surface area contributed by atoms with E-state index in [1.807, 2.05) is 6.07 Å². The average molecular weight is 478 g/mol. The lowest BCUT2D eigenvalue weighted by Crippen LogP contribution is -2.48. The molecular weight excluding hydrogens is 454 g/mol. The number of hydrogen-bond donors (Lipinski definition) is 4. The minimum Gasteiger partial charge on any atom is -0.324 e. The highest BCUT2D eigenvalue weighted by Crippen LogP contribution is 2.21. The average Bonchev–Trinajstić information content (AvgIpc) is 2.85. The molecule has 4 N–H and O–H groups in total. The summed E-state index contributed by atoms with van der Waals surface area (Å²) in [4.78, 5) is 39.6. The van der Waals surface area contributed by atoms with Gasteiger partial charge in [-0.3, -0.25) is 9.59 Å². The van der Waals surface area contributed by atoms with E-state index in [0.717, 1.165) is 12.2 Å². The van der Waals surface area contributed by atoms with E-state index in [1.165, 1.54) is 0 Å². The van der Waals surface area contributed by atoms with Crippen LogP contribution >= 0.6 is 11.6 Å². The number of rotatable bonds is 6. The van der Waals surface area contributed by atoms with Crippen molar-refractivity contribution >= 4 is 46.5 Å². The molecule has 1 aliphatic heterocycles. The Kier molecular flexibility index (Phi) is 7.41. The maximum atomic E-state index is 13.1. The summed E-state index contributed by atoms with van der Waals surface area (Å²) < 4.78 is 0. The van der Waals surface area contributed by atoms with E-state index >= 15 is 0 Å². The molecule has 0 radical (unpaired) electrons. The first kappa shape index (κ1) is 23.3. The fourth-order valence-corrected chi connectivity index (χ4v) is 3.72. The summed E-state index contributed by atoms with van der Waals surface area (Å²) in [7, 11) is 0. The van der Waals surface area contributed by atoms with E-state index in [9.17, 15) is 14.4 Å². The second-order valence-electron chi connectivity index (χ2n) is 7.71. The van der Waals surface area contributed by atoms with Gasteiger partial charge in [0, 0.05) is 35.2 Å². The molecule has 1 atom stereocenters. The monoisotopic (exact) mass is 477 g/mol. The largest absolute Gasteiger partial charge is 0.324 e. The molecule has 0 aliphatic carbocycles. The molecule has 4 amide bonds. The van der Waals surface area contributed by atoms with Gasteiger partial charge in [0.1, 0.15) is 6.04 Å². The zero-order valence-electron chi connectivity index (χ0n) is 18.3. The maximum absolute atomic E-state index is 13.1. The van der Waals surface area contributed by atoms with Gasteiger partial charge in [-0.25, -0.2) is 4.79 Å². The van der Waals surface area contributed by atoms with E-state index in [1.54, 1.807) is 77.7 Å². The van der Waals surface area contributed by atoms with Gasteiger partial charge in [-0.1, -0.05) is 41.9 Å². The quantitative estimate of drug-likeness (QED) is 0.434. The van der Waals surface area contributed by atoms with Crippen molar-refractivity contribution in [3.05, 3.63) is 89.4 Å². The van der Waals surface area contributed by atoms with Crippen LogP contribution in [0.1, 0.15) is 11.6 Å². The van der Waals surface area contributed by atoms with Crippen molar-refractivity contribution in [3.8, 4) is 0 Å². The molecule has 9 heteroatoms. The summed E-state index contributed by atoms with van der Waals surface area (Å²) in [5.41, 5.74) is 2.50. The van der Waals surface area contributed by atoms with Crippen LogP contribution in [0.2, 0.25) is 5.02 Å². The predicted octanol–water partition coefficient (Wildman–Crippen LogP) is 3.78. The molecule has 1 fully saturated rings. The van der Waals surface area contributed by atoms with E-state index in [2.05, 4.69) is 21.3 Å². The number of piperazine rings is 1. The number of halogens is 1. The minimum absolute atomic E-state index is 0.00285. The number of hydrogen-bond acceptors (Lipinski definition) is 4. The number of nitrogens with one attached hydrogen (secondary N) is 4. The molecule has 1 aliphatic rings. The molecule has 34 heavy (non-hydrogen) atoms. The highest BCUT2D eigenvalue weighted by atomic mass is 35.5. The van der Waals surface area contributed by atoms with Crippen molar-refractivity contribution in [2.24, 2.45) is 0 Å². The topological polar surface area (TPSA) is 103 Å². The van der Waals surface area contributed by atoms with E-state index in [4.69, 9.17) is 11.6 Å². The van der Waals surface area contributed by atoms with Gasteiger partial charge < -0.3 is 26.2 Å². The van der Waals surface area contributed by atoms with E-state index < -0.39 is 18.0 Å². The molecule has 0 saturated carbocycles. The Morgan fingerprint density at radius 2 is 1.53 bits per heavy atom. The lowest BCUT2D eigenvalue weighted by atomic mass is 10.1. The van der Waals surface area contributed by atoms with Crippen LogP contribution in [0.15, 0.2) is 78.9 Å². The van der Waals surface area contributed by atoms with Crippen molar-refractivity contribution in [2.75, 3.05) is 35.2 Å². The molecule has 3 aromatic carbocycles. The lowest BCUT2D eigenvalue weighted by molar-refractivity contribution is -0.119. The SMILES string of the molecule is O=C(Nc1ccc(Cl)cc1)N[C@@H](C(=O)Nc1ccc(N2CCNCC2=O)cc1)c1ccccc1. The third kappa shape index (κ3) is 5.92. The van der Waals surface area contributed by atoms with Gasteiger partial charge in [0.15, 0.2) is 0 Å². The minimum atomic E-state index is -0.928. The third-order valence-electron chi connectivity index (χ3n) is 5.31. The highest BCUT2D eigenvalue weighted by Gasteiger charge is 2.23. The number of amides is 4. The first-order chi connectivity index (χ1) is 16.5. The van der Waals surface area contributed by atoms with Gasteiger partial charge in [-0.05, 0) is 54.1 Å². The summed E-state index contributed by atoms with van der Waals surface area (Å²) in [5.74, 6) is -0.397.